The second kappa shape index (κ2) is 2.89. The van der Waals surface area contributed by atoms with Crippen LogP contribution in [0.1, 0.15) is 18.7 Å². The Morgan fingerprint density at radius 2 is 1.69 bits per heavy atom. The summed E-state index contributed by atoms with van der Waals surface area (Å²) in [5, 5.41) is 2.87. The lowest BCUT2D eigenvalue weighted by molar-refractivity contribution is -0.222. The minimum Gasteiger partial charge on any atom is -0.213 e. The Bertz CT molecular complexity index is 412. The molecular formula is C7H5F6N3. The van der Waals surface area contributed by atoms with E-state index in [1.165, 1.54) is 0 Å². The number of hydrogen-bond donors (Lipinski definition) is 0. The molecule has 0 spiro atoms. The second-order valence-corrected chi connectivity index (χ2v) is 3.44. The van der Waals surface area contributed by atoms with Gasteiger partial charge in [0.15, 0.2) is 0 Å². The molecule has 0 aliphatic carbocycles. The van der Waals surface area contributed by atoms with E-state index in [2.05, 4.69) is 10.1 Å². The van der Waals surface area contributed by atoms with Gasteiger partial charge in [0.25, 0.3) is 0 Å². The van der Waals surface area contributed by atoms with Crippen LogP contribution < -0.4 is 0 Å². The molecular weight excluding hydrogens is 240 g/mol. The summed E-state index contributed by atoms with van der Waals surface area (Å²) >= 11 is 0. The molecule has 2 rings (SSSR count). The van der Waals surface area contributed by atoms with Gasteiger partial charge in [-0.25, -0.2) is 4.98 Å². The highest BCUT2D eigenvalue weighted by molar-refractivity contribution is 5.07. The third-order valence-electron chi connectivity index (χ3n) is 2.34. The Hall–Kier alpha value is -1.28. The molecule has 0 atom stereocenters. The normalized spacial score (nSPS) is 25.9. The maximum Gasteiger partial charge on any atom is 0.368 e. The monoisotopic (exact) mass is 245 g/mol. The Balaban J connectivity index is 2.64. The fourth-order valence-corrected chi connectivity index (χ4v) is 1.43. The quantitative estimate of drug-likeness (QED) is 0.657. The van der Waals surface area contributed by atoms with Gasteiger partial charge in [0.1, 0.15) is 6.33 Å². The van der Waals surface area contributed by atoms with E-state index in [-0.39, 0.29) is 0 Å². The molecule has 0 radical (unpaired) electrons. The molecule has 1 aromatic heterocycles. The van der Waals surface area contributed by atoms with Crippen molar-refractivity contribution in [2.45, 2.75) is 30.7 Å². The zero-order valence-electron chi connectivity index (χ0n) is 7.60. The van der Waals surface area contributed by atoms with Gasteiger partial charge in [0.05, 0.1) is 0 Å². The van der Waals surface area contributed by atoms with Crippen LogP contribution in [0, 0.1) is 0 Å². The molecule has 0 bridgehead atoms. The molecule has 16 heavy (non-hydrogen) atoms. The maximum atomic E-state index is 13.2. The molecule has 2 heterocycles. The van der Waals surface area contributed by atoms with Crippen molar-refractivity contribution in [2.75, 3.05) is 0 Å². The van der Waals surface area contributed by atoms with Crippen molar-refractivity contribution in [3.8, 4) is 0 Å². The Kier molecular flexibility index (Phi) is 2.02. The summed E-state index contributed by atoms with van der Waals surface area (Å²) in [6.45, 7) is 0. The van der Waals surface area contributed by atoms with Crippen molar-refractivity contribution in [3.63, 3.8) is 0 Å². The first kappa shape index (κ1) is 11.2. The van der Waals surface area contributed by atoms with E-state index in [9.17, 15) is 26.3 Å². The lowest BCUT2D eigenvalue weighted by atomic mass is 10.1. The first-order valence-corrected chi connectivity index (χ1v) is 4.23. The molecule has 0 aromatic carbocycles. The van der Waals surface area contributed by atoms with Gasteiger partial charge in [0, 0.05) is 12.8 Å². The summed E-state index contributed by atoms with van der Waals surface area (Å²) in [4.78, 5) is 2.80. The number of fused-ring (bicyclic) bond motifs is 1. The largest absolute Gasteiger partial charge is 0.368 e. The first-order chi connectivity index (χ1) is 7.18. The summed E-state index contributed by atoms with van der Waals surface area (Å²) < 4.78 is 78.3. The lowest BCUT2D eigenvalue weighted by Crippen LogP contribution is -2.38. The van der Waals surface area contributed by atoms with Gasteiger partial charge in [-0.15, -0.1) is 0 Å². The van der Waals surface area contributed by atoms with Crippen LogP contribution in [0.4, 0.5) is 26.3 Å². The van der Waals surface area contributed by atoms with Crippen LogP contribution >= 0.6 is 0 Å². The molecule has 0 saturated carbocycles. The summed E-state index contributed by atoms with van der Waals surface area (Å²) in [6, 6.07) is -3.88. The van der Waals surface area contributed by atoms with Crippen molar-refractivity contribution >= 4 is 0 Å². The van der Waals surface area contributed by atoms with Gasteiger partial charge >= 0.3 is 17.9 Å². The molecule has 1 aliphatic heterocycles. The molecule has 1 aliphatic rings. The maximum absolute atomic E-state index is 13.2. The van der Waals surface area contributed by atoms with Crippen molar-refractivity contribution in [3.05, 3.63) is 12.2 Å². The first-order valence-electron chi connectivity index (χ1n) is 4.23. The van der Waals surface area contributed by atoms with E-state index < -0.39 is 41.2 Å². The van der Waals surface area contributed by atoms with E-state index in [4.69, 9.17) is 0 Å². The van der Waals surface area contributed by atoms with Crippen LogP contribution in [0.25, 0.3) is 0 Å². The zero-order valence-corrected chi connectivity index (χ0v) is 7.60. The summed E-state index contributed by atoms with van der Waals surface area (Å²) in [5.74, 6) is -11.0. The van der Waals surface area contributed by atoms with Crippen LogP contribution in [-0.2, 0) is 12.0 Å². The number of halogens is 6. The number of aromatic nitrogens is 3. The predicted octanol–water partition coefficient (Wildman–Crippen LogP) is 2.35. The number of rotatable bonds is 0. The minimum atomic E-state index is -4.75. The highest BCUT2D eigenvalue weighted by Crippen LogP contribution is 2.50. The number of nitrogens with zero attached hydrogens (tertiary/aromatic N) is 3. The summed E-state index contributed by atoms with van der Waals surface area (Å²) in [6.07, 6.45) is -2.64. The van der Waals surface area contributed by atoms with Crippen LogP contribution in [0.15, 0.2) is 6.33 Å². The van der Waals surface area contributed by atoms with E-state index in [0.29, 0.717) is 6.33 Å². The van der Waals surface area contributed by atoms with Crippen molar-refractivity contribution in [1.29, 1.82) is 0 Å². The fraction of sp³-hybridized carbons (Fsp3) is 0.714. The third-order valence-corrected chi connectivity index (χ3v) is 2.34. The van der Waals surface area contributed by atoms with E-state index in [1.54, 1.807) is 0 Å². The molecule has 3 nitrogen and oxygen atoms in total. The van der Waals surface area contributed by atoms with Crippen molar-refractivity contribution in [1.82, 2.24) is 14.8 Å². The number of alkyl halides is 6. The van der Waals surface area contributed by atoms with Crippen LogP contribution in [-0.4, -0.2) is 20.7 Å². The van der Waals surface area contributed by atoms with Crippen molar-refractivity contribution < 1.29 is 26.3 Å². The average molecular weight is 245 g/mol. The predicted molar refractivity (Wildman–Crippen MR) is 38.3 cm³/mol. The number of hydrogen-bond acceptors (Lipinski definition) is 2. The lowest BCUT2D eigenvalue weighted by Gasteiger charge is -2.22. The zero-order chi connectivity index (χ0) is 12.2. The highest BCUT2D eigenvalue weighted by atomic mass is 19.3. The topological polar surface area (TPSA) is 30.7 Å². The molecule has 9 heteroatoms. The average Bonchev–Trinajstić information content (AvgIpc) is 2.61. The van der Waals surface area contributed by atoms with Gasteiger partial charge in [-0.2, -0.15) is 36.1 Å². The molecule has 0 fully saturated rings. The molecule has 0 N–H and O–H groups in total. The van der Waals surface area contributed by atoms with Crippen LogP contribution in [0.2, 0.25) is 0 Å². The Morgan fingerprint density at radius 3 is 2.31 bits per heavy atom. The summed E-state index contributed by atoms with van der Waals surface area (Å²) in [7, 11) is 0. The van der Waals surface area contributed by atoms with E-state index >= 15 is 0 Å². The third kappa shape index (κ3) is 1.30. The van der Waals surface area contributed by atoms with Crippen molar-refractivity contribution in [2.24, 2.45) is 0 Å². The van der Waals surface area contributed by atoms with Gasteiger partial charge in [0.2, 0.25) is 5.82 Å². The Morgan fingerprint density at radius 1 is 1.06 bits per heavy atom. The molecule has 90 valence electrons. The van der Waals surface area contributed by atoms with Gasteiger partial charge in [-0.05, 0) is 0 Å². The molecule has 0 unspecified atom stereocenters. The summed E-state index contributed by atoms with van der Waals surface area (Å²) in [5.41, 5.74) is 0. The van der Waals surface area contributed by atoms with Gasteiger partial charge in [-0.1, -0.05) is 0 Å². The highest BCUT2D eigenvalue weighted by Gasteiger charge is 2.64. The van der Waals surface area contributed by atoms with E-state index in [0.717, 1.165) is 0 Å². The van der Waals surface area contributed by atoms with E-state index in [1.807, 2.05) is 0 Å². The second-order valence-electron chi connectivity index (χ2n) is 3.44. The van der Waals surface area contributed by atoms with Gasteiger partial charge < -0.3 is 0 Å². The smallest absolute Gasteiger partial charge is 0.213 e. The standard InChI is InChI=1S/C7H5F6N3/c8-5(9)1-2-6(10,11)16-4(7(5,12)13)14-3-15-16/h3H,1-2H2. The minimum absolute atomic E-state index is 0.401. The van der Waals surface area contributed by atoms with Crippen LogP contribution in [0.5, 0.6) is 0 Å². The molecule has 1 aromatic rings. The van der Waals surface area contributed by atoms with Crippen LogP contribution in [0.3, 0.4) is 0 Å². The molecule has 0 amide bonds. The van der Waals surface area contributed by atoms with Gasteiger partial charge in [-0.3, -0.25) is 0 Å². The SMILES string of the molecule is FC1(F)CCC(F)(F)C(F)(F)c2ncnn21. The fourth-order valence-electron chi connectivity index (χ4n) is 1.43. The molecule has 0 saturated heterocycles. The Labute approximate surface area is 85.1 Å².